The lowest BCUT2D eigenvalue weighted by atomic mass is 10.1. The number of benzene rings is 1. The number of aromatic amines is 1. The van der Waals surface area contributed by atoms with E-state index in [4.69, 9.17) is 0 Å². The van der Waals surface area contributed by atoms with Crippen molar-refractivity contribution >= 4 is 10.9 Å². The van der Waals surface area contributed by atoms with E-state index in [1.807, 2.05) is 11.6 Å². The molecule has 0 spiro atoms. The number of aryl methyl sites for hydroxylation is 1. The quantitative estimate of drug-likeness (QED) is 0.756. The number of halogens is 1. The van der Waals surface area contributed by atoms with Gasteiger partial charge in [0.2, 0.25) is 0 Å². The van der Waals surface area contributed by atoms with Crippen LogP contribution in [-0.4, -0.2) is 31.3 Å². The molecule has 2 aromatic heterocycles. The van der Waals surface area contributed by atoms with Crippen LogP contribution in [0.1, 0.15) is 41.6 Å². The highest BCUT2D eigenvalue weighted by molar-refractivity contribution is 5.84. The molecule has 1 aliphatic carbocycles. The second-order valence-electron chi connectivity index (χ2n) is 7.70. The van der Waals surface area contributed by atoms with Gasteiger partial charge >= 0.3 is 0 Å². The molecule has 3 heterocycles. The third-order valence-electron chi connectivity index (χ3n) is 5.77. The molecule has 0 amide bonds. The fourth-order valence-electron chi connectivity index (χ4n) is 4.01. The number of nitrogens with one attached hydrogen (secondary N) is 1. The van der Waals surface area contributed by atoms with Gasteiger partial charge in [0.05, 0.1) is 17.9 Å². The summed E-state index contributed by atoms with van der Waals surface area (Å²) >= 11 is 0. The van der Waals surface area contributed by atoms with E-state index in [1.165, 1.54) is 6.07 Å². The molecule has 26 heavy (non-hydrogen) atoms. The van der Waals surface area contributed by atoms with Crippen LogP contribution in [0.3, 0.4) is 0 Å². The van der Waals surface area contributed by atoms with Crippen LogP contribution >= 0.6 is 0 Å². The third-order valence-corrected chi connectivity index (χ3v) is 5.77. The minimum atomic E-state index is -0.410. The van der Waals surface area contributed by atoms with Crippen LogP contribution in [0.2, 0.25) is 0 Å². The van der Waals surface area contributed by atoms with Gasteiger partial charge in [-0.2, -0.15) is 5.10 Å². The van der Waals surface area contributed by atoms with E-state index in [0.29, 0.717) is 5.92 Å². The molecule has 0 saturated heterocycles. The van der Waals surface area contributed by atoms with Crippen molar-refractivity contribution in [2.24, 2.45) is 5.92 Å². The summed E-state index contributed by atoms with van der Waals surface area (Å²) < 4.78 is 15.6. The van der Waals surface area contributed by atoms with Crippen molar-refractivity contribution in [3.05, 3.63) is 52.7 Å². The molecule has 2 N–H and O–H groups in total. The SMILES string of the molecule is Cc1c(CN2CCn3nc([C@H](O)C4CC4)cc3C2)[nH]c2ccc(F)cc12. The van der Waals surface area contributed by atoms with Crippen molar-refractivity contribution < 1.29 is 9.50 Å². The molecule has 3 aromatic rings. The fraction of sp³-hybridized carbons (Fsp3) is 0.450. The maximum absolute atomic E-state index is 13.5. The van der Waals surface area contributed by atoms with Gasteiger partial charge in [-0.3, -0.25) is 9.58 Å². The van der Waals surface area contributed by atoms with Crippen molar-refractivity contribution in [2.45, 2.75) is 45.5 Å². The number of aliphatic hydroxyl groups excluding tert-OH is 1. The molecule has 1 aromatic carbocycles. The Morgan fingerprint density at radius 2 is 2.15 bits per heavy atom. The van der Waals surface area contributed by atoms with Gasteiger partial charge in [-0.15, -0.1) is 0 Å². The van der Waals surface area contributed by atoms with Crippen molar-refractivity contribution in [3.63, 3.8) is 0 Å². The Kier molecular flexibility index (Phi) is 3.65. The zero-order valence-corrected chi connectivity index (χ0v) is 14.9. The molecule has 2 aliphatic rings. The number of aliphatic hydroxyl groups is 1. The highest BCUT2D eigenvalue weighted by atomic mass is 19.1. The highest BCUT2D eigenvalue weighted by Crippen LogP contribution is 2.40. The zero-order valence-electron chi connectivity index (χ0n) is 14.9. The van der Waals surface area contributed by atoms with Crippen molar-refractivity contribution in [2.75, 3.05) is 6.54 Å². The predicted octanol–water partition coefficient (Wildman–Crippen LogP) is 3.27. The Bertz CT molecular complexity index is 972. The van der Waals surface area contributed by atoms with Crippen LogP contribution in [0.5, 0.6) is 0 Å². The van der Waals surface area contributed by atoms with E-state index >= 15 is 0 Å². The fourth-order valence-corrected chi connectivity index (χ4v) is 4.01. The van der Waals surface area contributed by atoms with Gasteiger partial charge in [0.15, 0.2) is 0 Å². The number of aromatic nitrogens is 3. The first kappa shape index (κ1) is 16.0. The standard InChI is InChI=1S/C20H23FN4O/c1-12-16-8-14(21)4-5-17(16)22-19(12)11-24-6-7-25-15(10-24)9-18(23-25)20(26)13-2-3-13/h4-5,8-9,13,20,22,26H,2-3,6-7,10-11H2,1H3/t20-/m1/s1. The van der Waals surface area contributed by atoms with Gasteiger partial charge in [0, 0.05) is 36.2 Å². The van der Waals surface area contributed by atoms with Crippen LogP contribution in [0.25, 0.3) is 10.9 Å². The summed E-state index contributed by atoms with van der Waals surface area (Å²) in [6.07, 6.45) is 1.80. The Hall–Kier alpha value is -2.18. The topological polar surface area (TPSA) is 57.1 Å². The van der Waals surface area contributed by atoms with Crippen molar-refractivity contribution in [1.82, 2.24) is 19.7 Å². The van der Waals surface area contributed by atoms with E-state index in [0.717, 1.165) is 72.6 Å². The van der Waals surface area contributed by atoms with Crippen LogP contribution in [0, 0.1) is 18.7 Å². The van der Waals surface area contributed by atoms with Gasteiger partial charge in [0.25, 0.3) is 0 Å². The molecule has 1 fully saturated rings. The molecule has 136 valence electrons. The van der Waals surface area contributed by atoms with Gasteiger partial charge in [-0.25, -0.2) is 4.39 Å². The van der Waals surface area contributed by atoms with E-state index in [9.17, 15) is 9.50 Å². The third kappa shape index (κ3) is 2.73. The zero-order chi connectivity index (χ0) is 17.8. The van der Waals surface area contributed by atoms with Crippen molar-refractivity contribution in [1.29, 1.82) is 0 Å². The van der Waals surface area contributed by atoms with Gasteiger partial charge in [-0.05, 0) is 55.5 Å². The minimum absolute atomic E-state index is 0.199. The van der Waals surface area contributed by atoms with Gasteiger partial charge in [0.1, 0.15) is 11.9 Å². The van der Waals surface area contributed by atoms with E-state index in [1.54, 1.807) is 12.1 Å². The Labute approximate surface area is 151 Å². The van der Waals surface area contributed by atoms with Crippen LogP contribution in [0.4, 0.5) is 4.39 Å². The molecule has 1 aliphatic heterocycles. The largest absolute Gasteiger partial charge is 0.386 e. The van der Waals surface area contributed by atoms with Crippen molar-refractivity contribution in [3.8, 4) is 0 Å². The Balaban J connectivity index is 1.35. The molecule has 5 nitrogen and oxygen atoms in total. The monoisotopic (exact) mass is 354 g/mol. The summed E-state index contributed by atoms with van der Waals surface area (Å²) in [7, 11) is 0. The molecule has 6 heteroatoms. The summed E-state index contributed by atoms with van der Waals surface area (Å²) in [5.41, 5.74) is 5.21. The Morgan fingerprint density at radius 3 is 2.96 bits per heavy atom. The number of H-pyrrole nitrogens is 1. The normalized spacial score (nSPS) is 19.0. The first-order chi connectivity index (χ1) is 12.6. The lowest BCUT2D eigenvalue weighted by molar-refractivity contribution is 0.147. The van der Waals surface area contributed by atoms with E-state index in [2.05, 4.69) is 21.0 Å². The van der Waals surface area contributed by atoms with Crippen LogP contribution < -0.4 is 0 Å². The maximum atomic E-state index is 13.5. The smallest absolute Gasteiger partial charge is 0.123 e. The second kappa shape index (κ2) is 5.93. The molecule has 5 rings (SSSR count). The number of fused-ring (bicyclic) bond motifs is 2. The average Bonchev–Trinajstić information content (AvgIpc) is 3.33. The maximum Gasteiger partial charge on any atom is 0.123 e. The Morgan fingerprint density at radius 1 is 1.31 bits per heavy atom. The number of hydrogen-bond donors (Lipinski definition) is 2. The molecule has 1 atom stereocenters. The summed E-state index contributed by atoms with van der Waals surface area (Å²) in [5, 5.41) is 15.9. The summed E-state index contributed by atoms with van der Waals surface area (Å²) in [6.45, 7) is 5.41. The molecule has 0 unspecified atom stereocenters. The predicted molar refractivity (Wildman–Crippen MR) is 97.0 cm³/mol. The molecule has 0 radical (unpaired) electrons. The summed E-state index contributed by atoms with van der Waals surface area (Å²) in [5.74, 6) is 0.201. The first-order valence-corrected chi connectivity index (χ1v) is 9.32. The number of rotatable bonds is 4. The lowest BCUT2D eigenvalue weighted by Gasteiger charge is -2.27. The van der Waals surface area contributed by atoms with Crippen LogP contribution in [0.15, 0.2) is 24.3 Å². The number of nitrogens with zero attached hydrogens (tertiary/aromatic N) is 3. The average molecular weight is 354 g/mol. The second-order valence-corrected chi connectivity index (χ2v) is 7.70. The number of hydrogen-bond acceptors (Lipinski definition) is 3. The molecule has 1 saturated carbocycles. The van der Waals surface area contributed by atoms with E-state index in [-0.39, 0.29) is 5.82 Å². The van der Waals surface area contributed by atoms with Crippen LogP contribution in [-0.2, 0) is 19.6 Å². The highest BCUT2D eigenvalue weighted by Gasteiger charge is 2.33. The summed E-state index contributed by atoms with van der Waals surface area (Å²) in [4.78, 5) is 5.81. The summed E-state index contributed by atoms with van der Waals surface area (Å²) in [6, 6.07) is 6.95. The first-order valence-electron chi connectivity index (χ1n) is 9.32. The van der Waals surface area contributed by atoms with Gasteiger partial charge < -0.3 is 10.1 Å². The van der Waals surface area contributed by atoms with E-state index < -0.39 is 6.10 Å². The molecular formula is C20H23FN4O. The molecular weight excluding hydrogens is 331 g/mol. The minimum Gasteiger partial charge on any atom is -0.386 e. The molecule has 0 bridgehead atoms. The lowest BCUT2D eigenvalue weighted by Crippen LogP contribution is -2.33. The van der Waals surface area contributed by atoms with Gasteiger partial charge in [-0.1, -0.05) is 0 Å².